The normalized spacial score (nSPS) is 12.0. The van der Waals surface area contributed by atoms with Gasteiger partial charge in [0.15, 0.2) is 0 Å². The molecule has 0 aromatic heterocycles. The summed E-state index contributed by atoms with van der Waals surface area (Å²) in [6.07, 6.45) is 0.613. The van der Waals surface area contributed by atoms with Gasteiger partial charge in [0.1, 0.15) is 18.2 Å². The van der Waals surface area contributed by atoms with E-state index >= 15 is 0 Å². The Kier molecular flexibility index (Phi) is 5.58. The van der Waals surface area contributed by atoms with Crippen LogP contribution in [0.2, 0.25) is 0 Å². The Morgan fingerprint density at radius 1 is 1.44 bits per heavy atom. The predicted octanol–water partition coefficient (Wildman–Crippen LogP) is 1.40. The predicted molar refractivity (Wildman–Crippen MR) is 67.8 cm³/mol. The van der Waals surface area contributed by atoms with Crippen LogP contribution in [0.25, 0.3) is 0 Å². The lowest BCUT2D eigenvalue weighted by Crippen LogP contribution is -2.42. The van der Waals surface area contributed by atoms with Gasteiger partial charge in [-0.25, -0.2) is 4.39 Å². The molecule has 1 atom stereocenters. The minimum atomic E-state index is -0.458. The van der Waals surface area contributed by atoms with E-state index in [1.54, 1.807) is 19.2 Å². The third-order valence-electron chi connectivity index (χ3n) is 2.64. The highest BCUT2D eigenvalue weighted by Gasteiger charge is 2.15. The van der Waals surface area contributed by atoms with E-state index in [1.807, 2.05) is 6.92 Å². The molecule has 1 amide bonds. The van der Waals surface area contributed by atoms with Crippen molar-refractivity contribution in [1.29, 1.82) is 0 Å². The van der Waals surface area contributed by atoms with Gasteiger partial charge in [-0.1, -0.05) is 6.92 Å². The van der Waals surface area contributed by atoms with Crippen molar-refractivity contribution in [3.8, 4) is 5.75 Å². The smallest absolute Gasteiger partial charge is 0.239 e. The van der Waals surface area contributed by atoms with Gasteiger partial charge in [0.2, 0.25) is 5.91 Å². The van der Waals surface area contributed by atoms with Crippen LogP contribution in [0.15, 0.2) is 24.3 Å². The van der Waals surface area contributed by atoms with Gasteiger partial charge in [0, 0.05) is 7.05 Å². The molecule has 0 saturated heterocycles. The summed E-state index contributed by atoms with van der Waals surface area (Å²) in [7, 11) is 1.69. The number of nitrogens with zero attached hydrogens (tertiary/aromatic N) is 1. The van der Waals surface area contributed by atoms with E-state index in [0.29, 0.717) is 25.3 Å². The number of likely N-dealkylation sites (N-methyl/N-ethyl adjacent to an activating group) is 1. The second-order valence-electron chi connectivity index (χ2n) is 4.08. The summed E-state index contributed by atoms with van der Waals surface area (Å²) in [4.78, 5) is 13.2. The number of carbonyl (C=O) groups excluding carboxylic acids is 1. The number of amides is 1. The van der Waals surface area contributed by atoms with Gasteiger partial charge in [-0.05, 0) is 30.7 Å². The summed E-state index contributed by atoms with van der Waals surface area (Å²) in [6.45, 7) is 2.67. The van der Waals surface area contributed by atoms with Gasteiger partial charge in [-0.2, -0.15) is 0 Å². The Labute approximate surface area is 107 Å². The Hall–Kier alpha value is -1.62. The summed E-state index contributed by atoms with van der Waals surface area (Å²) in [5, 5.41) is 0. The highest BCUT2D eigenvalue weighted by Crippen LogP contribution is 2.10. The average molecular weight is 254 g/mol. The Morgan fingerprint density at radius 2 is 2.06 bits per heavy atom. The molecule has 100 valence electrons. The molecule has 0 aliphatic heterocycles. The van der Waals surface area contributed by atoms with Gasteiger partial charge in [0.05, 0.1) is 12.6 Å². The third kappa shape index (κ3) is 4.33. The number of nitrogens with two attached hydrogens (primary N) is 1. The molecule has 18 heavy (non-hydrogen) atoms. The molecule has 5 heteroatoms. The van der Waals surface area contributed by atoms with E-state index in [2.05, 4.69) is 0 Å². The van der Waals surface area contributed by atoms with Crippen molar-refractivity contribution in [2.24, 2.45) is 5.73 Å². The Balaban J connectivity index is 2.33. The molecule has 4 nitrogen and oxygen atoms in total. The molecule has 0 heterocycles. The first kappa shape index (κ1) is 14.4. The van der Waals surface area contributed by atoms with Gasteiger partial charge in [0.25, 0.3) is 0 Å². The molecule has 0 bridgehead atoms. The average Bonchev–Trinajstić information content (AvgIpc) is 2.39. The number of carbonyl (C=O) groups is 1. The number of hydrogen-bond acceptors (Lipinski definition) is 3. The van der Waals surface area contributed by atoms with Crippen LogP contribution in [0.1, 0.15) is 13.3 Å². The van der Waals surface area contributed by atoms with E-state index in [4.69, 9.17) is 10.5 Å². The lowest BCUT2D eigenvalue weighted by atomic mass is 10.2. The van der Waals surface area contributed by atoms with Crippen LogP contribution in [0.4, 0.5) is 4.39 Å². The standard InChI is InChI=1S/C13H19FN2O2/c1-3-12(15)13(17)16(2)8-9-18-11-6-4-10(14)5-7-11/h4-7,12H,3,8-9,15H2,1-2H3/t12-/m1/s1. The first-order chi connectivity index (χ1) is 8.54. The molecule has 0 aliphatic carbocycles. The first-order valence-corrected chi connectivity index (χ1v) is 5.93. The maximum atomic E-state index is 12.6. The molecule has 0 saturated carbocycles. The molecule has 0 unspecified atom stereocenters. The van der Waals surface area contributed by atoms with Gasteiger partial charge >= 0.3 is 0 Å². The van der Waals surface area contributed by atoms with Crippen LogP contribution < -0.4 is 10.5 Å². The Morgan fingerprint density at radius 3 is 2.61 bits per heavy atom. The van der Waals surface area contributed by atoms with E-state index < -0.39 is 6.04 Å². The van der Waals surface area contributed by atoms with Crippen LogP contribution in [-0.2, 0) is 4.79 Å². The van der Waals surface area contributed by atoms with Crippen LogP contribution in [0.5, 0.6) is 5.75 Å². The number of ether oxygens (including phenoxy) is 1. The van der Waals surface area contributed by atoms with Crippen LogP contribution in [0, 0.1) is 5.82 Å². The van der Waals surface area contributed by atoms with Crippen molar-refractivity contribution < 1.29 is 13.9 Å². The Bertz CT molecular complexity index is 381. The molecule has 0 spiro atoms. The van der Waals surface area contributed by atoms with Crippen molar-refractivity contribution >= 4 is 5.91 Å². The molecule has 0 aliphatic rings. The highest BCUT2D eigenvalue weighted by molar-refractivity contribution is 5.81. The van der Waals surface area contributed by atoms with Gasteiger partial charge in [-0.15, -0.1) is 0 Å². The molecule has 0 radical (unpaired) electrons. The molecule has 0 fully saturated rings. The molecule has 1 rings (SSSR count). The van der Waals surface area contributed by atoms with Crippen molar-refractivity contribution in [3.63, 3.8) is 0 Å². The lowest BCUT2D eigenvalue weighted by Gasteiger charge is -2.20. The zero-order chi connectivity index (χ0) is 13.5. The first-order valence-electron chi connectivity index (χ1n) is 5.93. The van der Waals surface area contributed by atoms with Crippen molar-refractivity contribution in [1.82, 2.24) is 4.90 Å². The van der Waals surface area contributed by atoms with Crippen molar-refractivity contribution in [2.45, 2.75) is 19.4 Å². The van der Waals surface area contributed by atoms with Crippen molar-refractivity contribution in [2.75, 3.05) is 20.2 Å². The summed E-state index contributed by atoms with van der Waals surface area (Å²) in [6, 6.07) is 5.30. The third-order valence-corrected chi connectivity index (χ3v) is 2.64. The topological polar surface area (TPSA) is 55.6 Å². The fraction of sp³-hybridized carbons (Fsp3) is 0.462. The summed E-state index contributed by atoms with van der Waals surface area (Å²) >= 11 is 0. The van der Waals surface area contributed by atoms with Gasteiger partial charge < -0.3 is 15.4 Å². The lowest BCUT2D eigenvalue weighted by molar-refractivity contribution is -0.131. The summed E-state index contributed by atoms with van der Waals surface area (Å²) in [5.74, 6) is 0.181. The molecule has 1 aromatic carbocycles. The summed E-state index contributed by atoms with van der Waals surface area (Å²) in [5.41, 5.74) is 5.64. The SMILES string of the molecule is CC[C@@H](N)C(=O)N(C)CCOc1ccc(F)cc1. The minimum Gasteiger partial charge on any atom is -0.492 e. The zero-order valence-electron chi connectivity index (χ0n) is 10.7. The highest BCUT2D eigenvalue weighted by atomic mass is 19.1. The van der Waals surface area contributed by atoms with E-state index in [1.165, 1.54) is 17.0 Å². The fourth-order valence-corrected chi connectivity index (χ4v) is 1.40. The molecule has 1 aromatic rings. The minimum absolute atomic E-state index is 0.0970. The van der Waals surface area contributed by atoms with E-state index in [9.17, 15) is 9.18 Å². The van der Waals surface area contributed by atoms with E-state index in [-0.39, 0.29) is 11.7 Å². The number of rotatable bonds is 6. The molecular weight excluding hydrogens is 235 g/mol. The van der Waals surface area contributed by atoms with Gasteiger partial charge in [-0.3, -0.25) is 4.79 Å². The monoisotopic (exact) mass is 254 g/mol. The maximum absolute atomic E-state index is 12.6. The second-order valence-corrected chi connectivity index (χ2v) is 4.08. The van der Waals surface area contributed by atoms with Crippen molar-refractivity contribution in [3.05, 3.63) is 30.1 Å². The zero-order valence-corrected chi connectivity index (χ0v) is 10.7. The quantitative estimate of drug-likeness (QED) is 0.835. The summed E-state index contributed by atoms with van der Waals surface area (Å²) < 4.78 is 18.0. The van der Waals surface area contributed by atoms with E-state index in [0.717, 1.165) is 0 Å². The number of benzene rings is 1. The maximum Gasteiger partial charge on any atom is 0.239 e. The second kappa shape index (κ2) is 6.96. The molecule has 2 N–H and O–H groups in total. The molecular formula is C13H19FN2O2. The van der Waals surface area contributed by atoms with Crippen LogP contribution in [-0.4, -0.2) is 37.0 Å². The van der Waals surface area contributed by atoms with Crippen LogP contribution >= 0.6 is 0 Å². The van der Waals surface area contributed by atoms with Crippen LogP contribution in [0.3, 0.4) is 0 Å². The number of hydrogen-bond donors (Lipinski definition) is 1. The number of halogens is 1. The fourth-order valence-electron chi connectivity index (χ4n) is 1.40. The largest absolute Gasteiger partial charge is 0.492 e.